The van der Waals surface area contributed by atoms with Gasteiger partial charge in [-0.3, -0.25) is 14.8 Å². The Morgan fingerprint density at radius 1 is 1.23 bits per heavy atom. The van der Waals surface area contributed by atoms with E-state index in [9.17, 15) is 9.59 Å². The number of nitrogens with one attached hydrogen (secondary N) is 1. The van der Waals surface area contributed by atoms with Gasteiger partial charge in [-0.1, -0.05) is 29.8 Å². The standard InChI is InChI=1S/C18H15ClN2O3S2/c1-9-11-8-21(7-6-13(11)25-15(9)17(22)20-24)18(23)16-14(19)10-4-2-3-5-12(10)26-16/h2-5,24H,6-8H2,1H3,(H,20,22). The van der Waals surface area contributed by atoms with Gasteiger partial charge in [-0.05, 0) is 30.5 Å². The molecule has 1 aliphatic heterocycles. The highest BCUT2D eigenvalue weighted by Gasteiger charge is 2.29. The van der Waals surface area contributed by atoms with Crippen LogP contribution in [0.4, 0.5) is 0 Å². The molecule has 0 unspecified atom stereocenters. The monoisotopic (exact) mass is 406 g/mol. The van der Waals surface area contributed by atoms with Crippen LogP contribution < -0.4 is 5.48 Å². The molecule has 26 heavy (non-hydrogen) atoms. The third kappa shape index (κ3) is 2.72. The fourth-order valence-corrected chi connectivity index (χ4v) is 5.93. The van der Waals surface area contributed by atoms with Crippen molar-refractivity contribution in [1.82, 2.24) is 10.4 Å². The van der Waals surface area contributed by atoms with Crippen LogP contribution in [-0.2, 0) is 13.0 Å². The van der Waals surface area contributed by atoms with E-state index in [1.807, 2.05) is 31.2 Å². The van der Waals surface area contributed by atoms with Crippen LogP contribution in [0.3, 0.4) is 0 Å². The van der Waals surface area contributed by atoms with Crippen LogP contribution in [0, 0.1) is 6.92 Å². The fraction of sp³-hybridized carbons (Fsp3) is 0.222. The van der Waals surface area contributed by atoms with Gasteiger partial charge in [0.2, 0.25) is 0 Å². The second-order valence-corrected chi connectivity index (χ2v) is 8.65. The van der Waals surface area contributed by atoms with E-state index >= 15 is 0 Å². The van der Waals surface area contributed by atoms with Gasteiger partial charge in [0.05, 0.1) is 9.90 Å². The Bertz CT molecular complexity index is 1040. The molecule has 4 rings (SSSR count). The maximum Gasteiger partial charge on any atom is 0.284 e. The van der Waals surface area contributed by atoms with E-state index in [-0.39, 0.29) is 5.91 Å². The van der Waals surface area contributed by atoms with Gasteiger partial charge in [0.15, 0.2) is 0 Å². The number of benzene rings is 1. The molecular weight excluding hydrogens is 392 g/mol. The van der Waals surface area contributed by atoms with Gasteiger partial charge in [-0.15, -0.1) is 22.7 Å². The Kier molecular flexibility index (Phi) is 4.48. The molecule has 0 fully saturated rings. The van der Waals surface area contributed by atoms with E-state index < -0.39 is 5.91 Å². The minimum atomic E-state index is -0.507. The van der Waals surface area contributed by atoms with Gasteiger partial charge < -0.3 is 4.90 Å². The molecule has 134 valence electrons. The van der Waals surface area contributed by atoms with Crippen LogP contribution in [0.1, 0.15) is 35.3 Å². The molecule has 2 amide bonds. The lowest BCUT2D eigenvalue weighted by atomic mass is 10.0. The molecule has 1 aliphatic rings. The Morgan fingerprint density at radius 2 is 2.00 bits per heavy atom. The summed E-state index contributed by atoms with van der Waals surface area (Å²) < 4.78 is 0.993. The number of rotatable bonds is 2. The normalized spacial score (nSPS) is 13.7. The second-order valence-electron chi connectivity index (χ2n) is 6.12. The lowest BCUT2D eigenvalue weighted by Gasteiger charge is -2.27. The average molecular weight is 407 g/mol. The Labute approximate surface area is 162 Å². The first kappa shape index (κ1) is 17.5. The van der Waals surface area contributed by atoms with Crippen LogP contribution >= 0.6 is 34.3 Å². The highest BCUT2D eigenvalue weighted by molar-refractivity contribution is 7.21. The first-order valence-electron chi connectivity index (χ1n) is 8.03. The highest BCUT2D eigenvalue weighted by atomic mass is 35.5. The minimum Gasteiger partial charge on any atom is -0.333 e. The predicted octanol–water partition coefficient (Wildman–Crippen LogP) is 4.24. The van der Waals surface area contributed by atoms with Gasteiger partial charge in [0, 0.05) is 28.1 Å². The van der Waals surface area contributed by atoms with Crippen LogP contribution in [0.2, 0.25) is 5.02 Å². The van der Waals surface area contributed by atoms with E-state index in [1.54, 1.807) is 10.4 Å². The number of carbonyl (C=O) groups excluding carboxylic acids is 2. The smallest absolute Gasteiger partial charge is 0.284 e. The van der Waals surface area contributed by atoms with Crippen molar-refractivity contribution in [2.45, 2.75) is 19.9 Å². The number of carbonyl (C=O) groups is 2. The zero-order valence-electron chi connectivity index (χ0n) is 13.8. The molecule has 0 saturated heterocycles. The molecule has 3 heterocycles. The molecular formula is C18H15ClN2O3S2. The highest BCUT2D eigenvalue weighted by Crippen LogP contribution is 2.38. The molecule has 1 aromatic carbocycles. The van der Waals surface area contributed by atoms with E-state index in [0.29, 0.717) is 34.3 Å². The topological polar surface area (TPSA) is 69.6 Å². The van der Waals surface area contributed by atoms with Gasteiger partial charge in [0.25, 0.3) is 11.8 Å². The molecule has 2 N–H and O–H groups in total. The summed E-state index contributed by atoms with van der Waals surface area (Å²) in [5, 5.41) is 10.3. The second kappa shape index (κ2) is 6.66. The lowest BCUT2D eigenvalue weighted by molar-refractivity contribution is 0.0710. The van der Waals surface area contributed by atoms with Crippen molar-refractivity contribution in [3.05, 3.63) is 55.0 Å². The Balaban J connectivity index is 1.66. The summed E-state index contributed by atoms with van der Waals surface area (Å²) in [6.45, 7) is 2.87. The summed E-state index contributed by atoms with van der Waals surface area (Å²) >= 11 is 9.24. The van der Waals surface area contributed by atoms with Crippen LogP contribution in [0.25, 0.3) is 10.1 Å². The molecule has 8 heteroatoms. The number of thiophene rings is 2. The number of nitrogens with zero attached hydrogens (tertiary/aromatic N) is 1. The van der Waals surface area contributed by atoms with E-state index in [4.69, 9.17) is 16.8 Å². The summed E-state index contributed by atoms with van der Waals surface area (Å²) in [6, 6.07) is 7.71. The molecule has 0 aliphatic carbocycles. The first-order chi connectivity index (χ1) is 12.5. The minimum absolute atomic E-state index is 0.0828. The van der Waals surface area contributed by atoms with E-state index in [1.165, 1.54) is 22.7 Å². The van der Waals surface area contributed by atoms with Crippen molar-refractivity contribution < 1.29 is 14.8 Å². The van der Waals surface area contributed by atoms with Gasteiger partial charge >= 0.3 is 0 Å². The molecule has 5 nitrogen and oxygen atoms in total. The summed E-state index contributed by atoms with van der Waals surface area (Å²) in [4.78, 5) is 28.7. The maximum absolute atomic E-state index is 13.0. The molecule has 0 spiro atoms. The number of hydrogen-bond donors (Lipinski definition) is 2. The van der Waals surface area contributed by atoms with E-state index in [2.05, 4.69) is 0 Å². The number of hydroxylamine groups is 1. The van der Waals surface area contributed by atoms with Crippen molar-refractivity contribution in [1.29, 1.82) is 0 Å². The summed E-state index contributed by atoms with van der Waals surface area (Å²) in [5.41, 5.74) is 3.50. The number of amides is 2. The molecule has 3 aromatic rings. The van der Waals surface area contributed by atoms with Crippen molar-refractivity contribution in [2.75, 3.05) is 6.54 Å². The third-order valence-corrected chi connectivity index (χ3v) is 7.69. The zero-order valence-corrected chi connectivity index (χ0v) is 16.2. The zero-order chi connectivity index (χ0) is 18.4. The first-order valence-corrected chi connectivity index (χ1v) is 10.0. The van der Waals surface area contributed by atoms with Gasteiger partial charge in [0.1, 0.15) is 4.88 Å². The Morgan fingerprint density at radius 3 is 2.73 bits per heavy atom. The van der Waals surface area contributed by atoms with Crippen LogP contribution in [0.15, 0.2) is 24.3 Å². The van der Waals surface area contributed by atoms with Crippen molar-refractivity contribution in [3.8, 4) is 0 Å². The SMILES string of the molecule is Cc1c(C(=O)NO)sc2c1CN(C(=O)c1sc3ccccc3c1Cl)CC2. The molecule has 0 bridgehead atoms. The average Bonchev–Trinajstić information content (AvgIpc) is 3.18. The van der Waals surface area contributed by atoms with Crippen LogP contribution in [0.5, 0.6) is 0 Å². The molecule has 0 radical (unpaired) electrons. The van der Waals surface area contributed by atoms with Crippen LogP contribution in [-0.4, -0.2) is 28.5 Å². The lowest BCUT2D eigenvalue weighted by Crippen LogP contribution is -2.35. The van der Waals surface area contributed by atoms with Crippen molar-refractivity contribution >= 4 is 56.2 Å². The van der Waals surface area contributed by atoms with Gasteiger partial charge in [-0.2, -0.15) is 0 Å². The number of fused-ring (bicyclic) bond motifs is 2. The summed E-state index contributed by atoms with van der Waals surface area (Å²) in [5.74, 6) is -0.590. The van der Waals surface area contributed by atoms with Gasteiger partial charge in [-0.25, -0.2) is 5.48 Å². The molecule has 0 atom stereocenters. The molecule has 2 aromatic heterocycles. The molecule has 0 saturated carbocycles. The predicted molar refractivity (Wildman–Crippen MR) is 104 cm³/mol. The quantitative estimate of drug-likeness (QED) is 0.494. The third-order valence-electron chi connectivity index (χ3n) is 4.64. The number of hydrogen-bond acceptors (Lipinski definition) is 5. The van der Waals surface area contributed by atoms with Crippen molar-refractivity contribution in [2.24, 2.45) is 0 Å². The number of halogens is 1. The summed E-state index contributed by atoms with van der Waals surface area (Å²) in [6.07, 6.45) is 0.688. The largest absolute Gasteiger partial charge is 0.333 e. The maximum atomic E-state index is 13.0. The van der Waals surface area contributed by atoms with E-state index in [0.717, 1.165) is 26.1 Å². The summed E-state index contributed by atoms with van der Waals surface area (Å²) in [7, 11) is 0. The fourth-order valence-electron chi connectivity index (χ4n) is 3.26. The Hall–Kier alpha value is -1.93. The van der Waals surface area contributed by atoms with Crippen molar-refractivity contribution in [3.63, 3.8) is 0 Å².